The van der Waals surface area contributed by atoms with Crippen molar-refractivity contribution < 1.29 is 9.59 Å². The Morgan fingerprint density at radius 3 is 2.48 bits per heavy atom. The fourth-order valence-corrected chi connectivity index (χ4v) is 3.62. The van der Waals surface area contributed by atoms with Gasteiger partial charge in [-0.2, -0.15) is 0 Å². The van der Waals surface area contributed by atoms with Crippen molar-refractivity contribution in [1.29, 1.82) is 0 Å². The van der Waals surface area contributed by atoms with Gasteiger partial charge in [0.05, 0.1) is 24.1 Å². The van der Waals surface area contributed by atoms with Crippen molar-refractivity contribution in [3.05, 3.63) is 47.4 Å². The Morgan fingerprint density at radius 1 is 1.15 bits per heavy atom. The Morgan fingerprint density at radius 2 is 1.89 bits per heavy atom. The first-order valence-electron chi connectivity index (χ1n) is 9.04. The molecule has 1 aliphatic rings. The number of benzene rings is 1. The highest BCUT2D eigenvalue weighted by atomic mass is 16.2. The second-order valence-electron chi connectivity index (χ2n) is 7.01. The van der Waals surface area contributed by atoms with Gasteiger partial charge in [-0.05, 0) is 37.6 Å². The van der Waals surface area contributed by atoms with Crippen molar-refractivity contribution >= 4 is 23.3 Å². The largest absolute Gasteiger partial charge is 0.362 e. The third kappa shape index (κ3) is 3.49. The average Bonchev–Trinajstić information content (AvgIpc) is 2.65. The molecule has 2 amide bonds. The van der Waals surface area contributed by atoms with E-state index in [4.69, 9.17) is 0 Å². The summed E-state index contributed by atoms with van der Waals surface area (Å²) in [5, 5.41) is 6.10. The van der Waals surface area contributed by atoms with Gasteiger partial charge in [-0.15, -0.1) is 0 Å². The molecule has 142 valence electrons. The summed E-state index contributed by atoms with van der Waals surface area (Å²) in [6.45, 7) is 7.59. The number of aryl methyl sites for hydroxylation is 1. The Balaban J connectivity index is 2.09. The second-order valence-corrected chi connectivity index (χ2v) is 7.01. The number of nitrogens with one attached hydrogen (secondary N) is 2. The first-order chi connectivity index (χ1) is 12.8. The molecule has 7 heteroatoms. The number of rotatable bonds is 3. The van der Waals surface area contributed by atoms with Crippen LogP contribution in [0.5, 0.6) is 0 Å². The standard InChI is InChI=1S/C20H25N5O2/c1-11-9-23-18(10-22-11)24-19-12(2)13(3)25(14(4)26)17-7-6-15(8-16(17)19)20(27)21-5/h6-10,12-13,19H,1-5H3,(H,21,27)(H,23,24)/t12-,13-,19+/m0/s1. The van der Waals surface area contributed by atoms with Crippen LogP contribution in [0.1, 0.15) is 48.4 Å². The number of carbonyl (C=O) groups excluding carboxylic acids is 2. The molecule has 3 rings (SSSR count). The minimum atomic E-state index is -0.160. The Bertz CT molecular complexity index is 865. The number of fused-ring (bicyclic) bond motifs is 1. The van der Waals surface area contributed by atoms with Gasteiger partial charge in [0.1, 0.15) is 5.82 Å². The molecule has 1 aromatic heterocycles. The third-order valence-electron chi connectivity index (χ3n) is 5.23. The lowest BCUT2D eigenvalue weighted by Gasteiger charge is -2.44. The normalized spacial score (nSPS) is 21.4. The SMILES string of the molecule is CNC(=O)c1ccc2c(c1)[C@H](Nc1cnc(C)cn1)[C@@H](C)[C@H](C)N2C(C)=O. The molecule has 7 nitrogen and oxygen atoms in total. The van der Waals surface area contributed by atoms with Crippen LogP contribution in [0.15, 0.2) is 30.6 Å². The summed E-state index contributed by atoms with van der Waals surface area (Å²) in [6.07, 6.45) is 3.41. The minimum absolute atomic E-state index is 0.00300. The summed E-state index contributed by atoms with van der Waals surface area (Å²) in [4.78, 5) is 34.9. The summed E-state index contributed by atoms with van der Waals surface area (Å²) in [7, 11) is 1.60. The van der Waals surface area contributed by atoms with Gasteiger partial charge < -0.3 is 15.5 Å². The van der Waals surface area contributed by atoms with Crippen LogP contribution in [0.25, 0.3) is 0 Å². The van der Waals surface area contributed by atoms with Crippen LogP contribution in [0, 0.1) is 12.8 Å². The van der Waals surface area contributed by atoms with Gasteiger partial charge in [0.25, 0.3) is 5.91 Å². The summed E-state index contributed by atoms with van der Waals surface area (Å²) >= 11 is 0. The van der Waals surface area contributed by atoms with E-state index in [0.717, 1.165) is 16.9 Å². The molecule has 1 aliphatic heterocycles. The molecule has 3 atom stereocenters. The lowest BCUT2D eigenvalue weighted by molar-refractivity contribution is -0.117. The maximum atomic E-state index is 12.3. The second kappa shape index (κ2) is 7.34. The first-order valence-corrected chi connectivity index (χ1v) is 9.04. The lowest BCUT2D eigenvalue weighted by atomic mass is 9.82. The van der Waals surface area contributed by atoms with E-state index in [-0.39, 0.29) is 29.8 Å². The number of anilines is 2. The smallest absolute Gasteiger partial charge is 0.251 e. The number of amides is 2. The zero-order valence-corrected chi connectivity index (χ0v) is 16.3. The summed E-state index contributed by atoms with van der Waals surface area (Å²) in [5.74, 6) is 0.589. The van der Waals surface area contributed by atoms with E-state index in [0.29, 0.717) is 11.4 Å². The zero-order chi connectivity index (χ0) is 19.7. The van der Waals surface area contributed by atoms with Crippen LogP contribution in [0.4, 0.5) is 11.5 Å². The topological polar surface area (TPSA) is 87.2 Å². The molecule has 0 aliphatic carbocycles. The highest BCUT2D eigenvalue weighted by Gasteiger charge is 2.38. The van der Waals surface area contributed by atoms with Gasteiger partial charge >= 0.3 is 0 Å². The van der Waals surface area contributed by atoms with E-state index < -0.39 is 0 Å². The summed E-state index contributed by atoms with van der Waals surface area (Å²) < 4.78 is 0. The van der Waals surface area contributed by atoms with Crippen molar-refractivity contribution in [2.45, 2.75) is 39.8 Å². The van der Waals surface area contributed by atoms with Gasteiger partial charge in [0.15, 0.2) is 0 Å². The molecule has 2 heterocycles. The zero-order valence-electron chi connectivity index (χ0n) is 16.3. The molecule has 0 fully saturated rings. The Kier molecular flexibility index (Phi) is 5.12. The van der Waals surface area contributed by atoms with Gasteiger partial charge in [0.2, 0.25) is 5.91 Å². The molecule has 2 aromatic rings. The molecule has 0 bridgehead atoms. The molecule has 2 N–H and O–H groups in total. The third-order valence-corrected chi connectivity index (χ3v) is 5.23. The summed E-state index contributed by atoms with van der Waals surface area (Å²) in [6, 6.07) is 5.34. The van der Waals surface area contributed by atoms with Crippen molar-refractivity contribution in [3.63, 3.8) is 0 Å². The van der Waals surface area contributed by atoms with Crippen LogP contribution in [0.2, 0.25) is 0 Å². The van der Waals surface area contributed by atoms with E-state index in [1.165, 1.54) is 0 Å². The highest BCUT2D eigenvalue weighted by Crippen LogP contribution is 2.42. The van der Waals surface area contributed by atoms with E-state index in [1.807, 2.05) is 26.0 Å². The van der Waals surface area contributed by atoms with Crippen molar-refractivity contribution in [1.82, 2.24) is 15.3 Å². The van der Waals surface area contributed by atoms with Crippen LogP contribution in [-0.4, -0.2) is 34.9 Å². The van der Waals surface area contributed by atoms with Crippen molar-refractivity contribution in [3.8, 4) is 0 Å². The summed E-state index contributed by atoms with van der Waals surface area (Å²) in [5.41, 5.74) is 3.12. The van der Waals surface area contributed by atoms with E-state index in [1.54, 1.807) is 37.3 Å². The average molecular weight is 367 g/mol. The van der Waals surface area contributed by atoms with Crippen LogP contribution in [0.3, 0.4) is 0 Å². The number of hydrogen-bond acceptors (Lipinski definition) is 5. The van der Waals surface area contributed by atoms with Crippen molar-refractivity contribution in [2.75, 3.05) is 17.3 Å². The predicted molar refractivity (Wildman–Crippen MR) is 105 cm³/mol. The number of hydrogen-bond donors (Lipinski definition) is 2. The Labute approximate surface area is 159 Å². The fraction of sp³-hybridized carbons (Fsp3) is 0.400. The molecule has 0 radical (unpaired) electrons. The minimum Gasteiger partial charge on any atom is -0.362 e. The van der Waals surface area contributed by atoms with Crippen LogP contribution in [-0.2, 0) is 4.79 Å². The molecule has 0 saturated carbocycles. The molecular weight excluding hydrogens is 342 g/mol. The monoisotopic (exact) mass is 367 g/mol. The molecule has 1 aromatic carbocycles. The highest BCUT2D eigenvalue weighted by molar-refractivity contribution is 5.97. The number of nitrogens with zero attached hydrogens (tertiary/aromatic N) is 3. The van der Waals surface area contributed by atoms with Crippen LogP contribution < -0.4 is 15.5 Å². The molecule has 0 spiro atoms. The lowest BCUT2D eigenvalue weighted by Crippen LogP contribution is -2.48. The molecule has 0 saturated heterocycles. The van der Waals surface area contributed by atoms with Gasteiger partial charge in [0, 0.05) is 37.2 Å². The number of aromatic nitrogens is 2. The molecule has 0 unspecified atom stereocenters. The maximum Gasteiger partial charge on any atom is 0.251 e. The first kappa shape index (κ1) is 18.8. The van der Waals surface area contributed by atoms with Gasteiger partial charge in [-0.1, -0.05) is 6.92 Å². The quantitative estimate of drug-likeness (QED) is 0.871. The molecular formula is C20H25N5O2. The Hall–Kier alpha value is -2.96. The van der Waals surface area contributed by atoms with Crippen molar-refractivity contribution in [2.24, 2.45) is 5.92 Å². The number of carbonyl (C=O) groups is 2. The van der Waals surface area contributed by atoms with Gasteiger partial charge in [-0.3, -0.25) is 14.6 Å². The molecule has 27 heavy (non-hydrogen) atoms. The maximum absolute atomic E-state index is 12.3. The van der Waals surface area contributed by atoms with Crippen LogP contribution >= 0.6 is 0 Å². The van der Waals surface area contributed by atoms with E-state index >= 15 is 0 Å². The van der Waals surface area contributed by atoms with E-state index in [2.05, 4.69) is 27.5 Å². The van der Waals surface area contributed by atoms with Gasteiger partial charge in [-0.25, -0.2) is 4.98 Å². The fourth-order valence-electron chi connectivity index (χ4n) is 3.62. The van der Waals surface area contributed by atoms with E-state index in [9.17, 15) is 9.59 Å². The predicted octanol–water partition coefficient (Wildman–Crippen LogP) is 2.69.